The third-order valence-electron chi connectivity index (χ3n) is 4.29. The monoisotopic (exact) mass is 295 g/mol. The molecule has 1 aromatic heterocycles. The lowest BCUT2D eigenvalue weighted by Crippen LogP contribution is -2.38. The normalized spacial score (nSPS) is 27.5. The van der Waals surface area contributed by atoms with E-state index in [9.17, 15) is 0 Å². The Kier molecular flexibility index (Phi) is 4.71. The molecule has 1 saturated heterocycles. The van der Waals surface area contributed by atoms with E-state index in [4.69, 9.17) is 9.72 Å². The number of ether oxygens (including phenoxy) is 1. The standard InChI is InChI=1S/C15H25N3OS/c1-3-16-11-6-5-7-12-14(11)20-15(17-12)13-10-18(4-2)8-9-19-13/h11,13,16H,3-10H2,1-2H3. The molecule has 3 rings (SSSR count). The van der Waals surface area contributed by atoms with Gasteiger partial charge < -0.3 is 10.1 Å². The molecule has 5 heteroatoms. The van der Waals surface area contributed by atoms with Gasteiger partial charge in [-0.2, -0.15) is 0 Å². The number of rotatable bonds is 4. The van der Waals surface area contributed by atoms with Crippen LogP contribution in [0.3, 0.4) is 0 Å². The summed E-state index contributed by atoms with van der Waals surface area (Å²) in [7, 11) is 0. The lowest BCUT2D eigenvalue weighted by Gasteiger charge is -2.30. The van der Waals surface area contributed by atoms with E-state index in [1.807, 2.05) is 11.3 Å². The average Bonchev–Trinajstić information content (AvgIpc) is 2.93. The number of thiazole rings is 1. The number of hydrogen-bond donors (Lipinski definition) is 1. The lowest BCUT2D eigenvalue weighted by molar-refractivity contribution is -0.0283. The summed E-state index contributed by atoms with van der Waals surface area (Å²) in [6.45, 7) is 9.41. The smallest absolute Gasteiger partial charge is 0.123 e. The predicted molar refractivity (Wildman–Crippen MR) is 82.3 cm³/mol. The Bertz CT molecular complexity index is 448. The maximum Gasteiger partial charge on any atom is 0.123 e. The molecule has 2 atom stereocenters. The van der Waals surface area contributed by atoms with Gasteiger partial charge in [-0.05, 0) is 32.4 Å². The van der Waals surface area contributed by atoms with Crippen molar-refractivity contribution in [3.8, 4) is 0 Å². The molecule has 0 amide bonds. The summed E-state index contributed by atoms with van der Waals surface area (Å²) in [6.07, 6.45) is 3.81. The first-order valence-corrected chi connectivity index (χ1v) is 8.70. The third kappa shape index (κ3) is 2.91. The molecule has 1 fully saturated rings. The number of nitrogens with zero attached hydrogens (tertiary/aromatic N) is 2. The van der Waals surface area contributed by atoms with Crippen LogP contribution in [0.4, 0.5) is 0 Å². The Labute approximate surface area is 125 Å². The van der Waals surface area contributed by atoms with Crippen molar-refractivity contribution in [1.82, 2.24) is 15.2 Å². The van der Waals surface area contributed by atoms with Gasteiger partial charge in [0.1, 0.15) is 11.1 Å². The number of likely N-dealkylation sites (N-methyl/N-ethyl adjacent to an activating group) is 1. The van der Waals surface area contributed by atoms with Gasteiger partial charge in [-0.25, -0.2) is 4.98 Å². The van der Waals surface area contributed by atoms with Crippen molar-refractivity contribution in [2.45, 2.75) is 45.3 Å². The largest absolute Gasteiger partial charge is 0.368 e. The first-order chi connectivity index (χ1) is 9.81. The van der Waals surface area contributed by atoms with Crippen molar-refractivity contribution in [3.05, 3.63) is 15.6 Å². The number of hydrogen-bond acceptors (Lipinski definition) is 5. The predicted octanol–water partition coefficient (Wildman–Crippen LogP) is 2.52. The molecule has 1 aliphatic heterocycles. The van der Waals surface area contributed by atoms with Crippen molar-refractivity contribution in [2.24, 2.45) is 0 Å². The van der Waals surface area contributed by atoms with Crippen LogP contribution < -0.4 is 5.32 Å². The number of morpholine rings is 1. The van der Waals surface area contributed by atoms with E-state index >= 15 is 0 Å². The van der Waals surface area contributed by atoms with Crippen molar-refractivity contribution in [2.75, 3.05) is 32.8 Å². The zero-order valence-corrected chi connectivity index (χ0v) is 13.3. The Balaban J connectivity index is 1.78. The van der Waals surface area contributed by atoms with Gasteiger partial charge in [0, 0.05) is 24.0 Å². The Morgan fingerprint density at radius 1 is 1.45 bits per heavy atom. The van der Waals surface area contributed by atoms with E-state index in [1.54, 1.807) is 0 Å². The second-order valence-electron chi connectivity index (χ2n) is 5.62. The minimum absolute atomic E-state index is 0.182. The minimum atomic E-state index is 0.182. The number of nitrogens with one attached hydrogen (secondary N) is 1. The van der Waals surface area contributed by atoms with Crippen molar-refractivity contribution in [1.29, 1.82) is 0 Å². The van der Waals surface area contributed by atoms with Crippen molar-refractivity contribution in [3.63, 3.8) is 0 Å². The first kappa shape index (κ1) is 14.4. The topological polar surface area (TPSA) is 37.4 Å². The molecule has 1 N–H and O–H groups in total. The third-order valence-corrected chi connectivity index (χ3v) is 5.59. The summed E-state index contributed by atoms with van der Waals surface area (Å²) in [4.78, 5) is 8.82. The number of aryl methyl sites for hydroxylation is 1. The molecular formula is C15H25N3OS. The molecule has 1 aromatic rings. The summed E-state index contributed by atoms with van der Waals surface area (Å²) >= 11 is 1.88. The molecule has 0 saturated carbocycles. The summed E-state index contributed by atoms with van der Waals surface area (Å²) in [5.41, 5.74) is 1.32. The van der Waals surface area contributed by atoms with Crippen LogP contribution in [0, 0.1) is 0 Å². The van der Waals surface area contributed by atoms with Gasteiger partial charge in [0.15, 0.2) is 0 Å². The Morgan fingerprint density at radius 3 is 3.15 bits per heavy atom. The molecule has 20 heavy (non-hydrogen) atoms. The molecule has 112 valence electrons. The van der Waals surface area contributed by atoms with E-state index in [0.717, 1.165) is 39.2 Å². The molecule has 0 radical (unpaired) electrons. The highest BCUT2D eigenvalue weighted by Gasteiger charge is 2.29. The molecule has 0 bridgehead atoms. The summed E-state index contributed by atoms with van der Waals surface area (Å²) in [6, 6.07) is 0.515. The molecular weight excluding hydrogens is 270 g/mol. The van der Waals surface area contributed by atoms with Gasteiger partial charge in [-0.3, -0.25) is 4.90 Å². The van der Waals surface area contributed by atoms with Crippen molar-refractivity contribution >= 4 is 11.3 Å². The van der Waals surface area contributed by atoms with E-state index in [1.165, 1.54) is 28.4 Å². The fourth-order valence-electron chi connectivity index (χ4n) is 3.16. The van der Waals surface area contributed by atoms with Crippen LogP contribution in [0.5, 0.6) is 0 Å². The molecule has 4 nitrogen and oxygen atoms in total. The van der Waals surface area contributed by atoms with Crippen LogP contribution in [-0.4, -0.2) is 42.7 Å². The van der Waals surface area contributed by atoms with E-state index in [2.05, 4.69) is 24.1 Å². The van der Waals surface area contributed by atoms with Crippen LogP contribution in [0.15, 0.2) is 0 Å². The van der Waals surface area contributed by atoms with Gasteiger partial charge in [-0.15, -0.1) is 11.3 Å². The minimum Gasteiger partial charge on any atom is -0.368 e. The summed E-state index contributed by atoms with van der Waals surface area (Å²) in [5, 5.41) is 4.79. The van der Waals surface area contributed by atoms with Crippen molar-refractivity contribution < 1.29 is 4.74 Å². The molecule has 1 aliphatic carbocycles. The Morgan fingerprint density at radius 2 is 2.35 bits per heavy atom. The van der Waals surface area contributed by atoms with E-state index in [0.29, 0.717) is 6.04 Å². The zero-order chi connectivity index (χ0) is 13.9. The second kappa shape index (κ2) is 6.52. The van der Waals surface area contributed by atoms with Crippen LogP contribution in [-0.2, 0) is 11.2 Å². The highest BCUT2D eigenvalue weighted by atomic mass is 32.1. The fraction of sp³-hybridized carbons (Fsp3) is 0.800. The van der Waals surface area contributed by atoms with Crippen LogP contribution >= 0.6 is 11.3 Å². The number of fused-ring (bicyclic) bond motifs is 1. The van der Waals surface area contributed by atoms with Crippen LogP contribution in [0.1, 0.15) is 54.4 Å². The van der Waals surface area contributed by atoms with Gasteiger partial charge in [0.25, 0.3) is 0 Å². The van der Waals surface area contributed by atoms with E-state index in [-0.39, 0.29) is 6.10 Å². The number of aromatic nitrogens is 1. The lowest BCUT2D eigenvalue weighted by atomic mass is 9.98. The summed E-state index contributed by atoms with van der Waals surface area (Å²) < 4.78 is 5.95. The molecule has 0 spiro atoms. The SMILES string of the molecule is CCNC1CCCc2nc(C3CN(CC)CCO3)sc21. The quantitative estimate of drug-likeness (QED) is 0.926. The van der Waals surface area contributed by atoms with Gasteiger partial charge in [0.05, 0.1) is 12.3 Å². The fourth-order valence-corrected chi connectivity index (χ4v) is 4.42. The van der Waals surface area contributed by atoms with Gasteiger partial charge in [0.2, 0.25) is 0 Å². The highest BCUT2D eigenvalue weighted by Crippen LogP contribution is 2.37. The molecule has 2 aliphatic rings. The molecule has 2 unspecified atom stereocenters. The Hall–Kier alpha value is -0.490. The van der Waals surface area contributed by atoms with Gasteiger partial charge >= 0.3 is 0 Å². The zero-order valence-electron chi connectivity index (χ0n) is 12.5. The van der Waals surface area contributed by atoms with E-state index < -0.39 is 0 Å². The van der Waals surface area contributed by atoms with Crippen LogP contribution in [0.25, 0.3) is 0 Å². The highest BCUT2D eigenvalue weighted by molar-refractivity contribution is 7.11. The molecule has 0 aromatic carbocycles. The maximum absolute atomic E-state index is 5.95. The first-order valence-electron chi connectivity index (χ1n) is 7.88. The second-order valence-corrected chi connectivity index (χ2v) is 6.68. The van der Waals surface area contributed by atoms with Gasteiger partial charge in [-0.1, -0.05) is 13.8 Å². The maximum atomic E-state index is 5.95. The summed E-state index contributed by atoms with van der Waals surface area (Å²) in [5.74, 6) is 0. The van der Waals surface area contributed by atoms with Crippen LogP contribution in [0.2, 0.25) is 0 Å². The average molecular weight is 295 g/mol. The molecule has 2 heterocycles.